The number of nitrogens with zero attached hydrogens (tertiary/aromatic N) is 2. The highest BCUT2D eigenvalue weighted by Crippen LogP contribution is 2.55. The highest BCUT2D eigenvalue weighted by molar-refractivity contribution is 6.24. The fraction of sp³-hybridized carbons (Fsp3) is 0.567. The van der Waals surface area contributed by atoms with Gasteiger partial charge in [-0.1, -0.05) is 0 Å². The van der Waals surface area contributed by atoms with E-state index in [1.807, 2.05) is 4.90 Å². The molecule has 2 fully saturated rings. The van der Waals surface area contributed by atoms with E-state index in [9.17, 15) is 53.1 Å². The maximum absolute atomic E-state index is 14.0. The van der Waals surface area contributed by atoms with E-state index in [1.165, 1.54) is 19.0 Å². The zero-order valence-corrected chi connectivity index (χ0v) is 24.7. The van der Waals surface area contributed by atoms with Crippen molar-refractivity contribution in [2.75, 3.05) is 33.8 Å². The largest absolute Gasteiger partial charge is 0.573 e. The number of aromatic hydroxyl groups is 1. The smallest absolute Gasteiger partial charge is 0.508 e. The lowest BCUT2D eigenvalue weighted by atomic mass is 9.57. The summed E-state index contributed by atoms with van der Waals surface area (Å²) in [6, 6.07) is -0.842. The predicted molar refractivity (Wildman–Crippen MR) is 151 cm³/mol. The van der Waals surface area contributed by atoms with E-state index in [2.05, 4.69) is 4.74 Å². The molecule has 1 aromatic carbocycles. The summed E-state index contributed by atoms with van der Waals surface area (Å²) in [5.74, 6) is -9.44. The van der Waals surface area contributed by atoms with E-state index in [1.54, 1.807) is 0 Å². The summed E-state index contributed by atoms with van der Waals surface area (Å²) in [5, 5.41) is 54.4. The molecule has 1 heterocycles. The Hall–Kier alpha value is -3.66. The van der Waals surface area contributed by atoms with E-state index in [0.717, 1.165) is 6.07 Å². The lowest BCUT2D eigenvalue weighted by Gasteiger charge is -2.50. The minimum absolute atomic E-state index is 0.0393. The SMILES string of the molecule is CN(C)[C@@H]1C(=O)C(C(N)=O)=C(O)[C@@]2(O)C(=O)C3=C(O)c4c(O)cc(C5CCCN5CCCCO)c(OC(F)(F)F)c4C[C@H]3C[C@@H]12. The molecule has 1 saturated carbocycles. The number of aliphatic hydroxyl groups is 4. The van der Waals surface area contributed by atoms with Gasteiger partial charge >= 0.3 is 6.36 Å². The van der Waals surface area contributed by atoms with Gasteiger partial charge in [0.25, 0.3) is 5.91 Å². The van der Waals surface area contributed by atoms with E-state index in [0.29, 0.717) is 38.8 Å². The minimum atomic E-state index is -5.16. The first-order valence-corrected chi connectivity index (χ1v) is 14.7. The molecule has 1 aliphatic heterocycles. The molecule has 45 heavy (non-hydrogen) atoms. The summed E-state index contributed by atoms with van der Waals surface area (Å²) < 4.78 is 46.3. The van der Waals surface area contributed by atoms with Gasteiger partial charge in [0.2, 0.25) is 5.78 Å². The number of carbonyl (C=O) groups is 3. The summed E-state index contributed by atoms with van der Waals surface area (Å²) in [7, 11) is 2.89. The number of aliphatic hydroxyl groups excluding tert-OH is 3. The number of likely N-dealkylation sites (N-methyl/N-ethyl adjacent to an activating group) is 1. The lowest BCUT2D eigenvalue weighted by molar-refractivity contribution is -0.275. The maximum Gasteiger partial charge on any atom is 0.573 e. The van der Waals surface area contributed by atoms with Crippen LogP contribution in [-0.4, -0.2) is 105 Å². The fourth-order valence-corrected chi connectivity index (χ4v) is 7.68. The average Bonchev–Trinajstić information content (AvgIpc) is 3.39. The maximum atomic E-state index is 14.0. The van der Waals surface area contributed by atoms with Crippen molar-refractivity contribution >= 4 is 23.2 Å². The number of hydrogen-bond acceptors (Lipinski definition) is 11. The molecule has 246 valence electrons. The number of alkyl halides is 3. The number of ether oxygens (including phenoxy) is 1. The van der Waals surface area contributed by atoms with Crippen molar-refractivity contribution in [3.8, 4) is 11.5 Å². The second-order valence-electron chi connectivity index (χ2n) is 12.3. The number of phenolic OH excluding ortho intramolecular Hbond substituents is 1. The zero-order chi connectivity index (χ0) is 33.2. The third-order valence-corrected chi connectivity index (χ3v) is 9.49. The zero-order valence-electron chi connectivity index (χ0n) is 24.7. The number of hydrogen-bond donors (Lipinski definition) is 6. The number of halogens is 3. The Kier molecular flexibility index (Phi) is 8.44. The number of Topliss-reactive ketones (excluding diaryl/α,β-unsaturated/α-hetero) is 2. The normalized spacial score (nSPS) is 28.8. The highest BCUT2D eigenvalue weighted by atomic mass is 19.4. The van der Waals surface area contributed by atoms with Gasteiger partial charge in [-0.3, -0.25) is 24.2 Å². The van der Waals surface area contributed by atoms with Gasteiger partial charge in [0.05, 0.1) is 11.6 Å². The molecular weight excluding hydrogens is 603 g/mol. The first-order chi connectivity index (χ1) is 21.0. The number of nitrogens with two attached hydrogens (primary N) is 1. The lowest BCUT2D eigenvalue weighted by Crippen LogP contribution is -2.65. The molecule has 1 saturated heterocycles. The first-order valence-electron chi connectivity index (χ1n) is 14.7. The molecule has 1 unspecified atom stereocenters. The van der Waals surface area contributed by atoms with Gasteiger partial charge in [0.15, 0.2) is 11.4 Å². The number of unbranched alkanes of at least 4 members (excludes halogenated alkanes) is 1. The summed E-state index contributed by atoms with van der Waals surface area (Å²) >= 11 is 0. The molecule has 1 amide bonds. The Labute approximate surface area is 256 Å². The number of benzene rings is 1. The van der Waals surface area contributed by atoms with Crippen molar-refractivity contribution in [1.82, 2.24) is 9.80 Å². The molecule has 5 atom stereocenters. The summed E-state index contributed by atoms with van der Waals surface area (Å²) in [5.41, 5.74) is 0.368. The average molecular weight is 640 g/mol. The molecule has 0 aromatic heterocycles. The van der Waals surface area contributed by atoms with Crippen molar-refractivity contribution in [3.63, 3.8) is 0 Å². The van der Waals surface area contributed by atoms with Crippen molar-refractivity contribution < 1.29 is 57.8 Å². The van der Waals surface area contributed by atoms with Crippen LogP contribution in [0.1, 0.15) is 54.8 Å². The van der Waals surface area contributed by atoms with Crippen molar-refractivity contribution in [3.05, 3.63) is 39.7 Å². The molecule has 5 rings (SSSR count). The molecule has 15 heteroatoms. The Balaban J connectivity index is 1.69. The predicted octanol–water partition coefficient (Wildman–Crippen LogP) is 1.77. The van der Waals surface area contributed by atoms with Crippen LogP contribution < -0.4 is 10.5 Å². The molecule has 3 aliphatic carbocycles. The van der Waals surface area contributed by atoms with Crippen LogP contribution in [0.5, 0.6) is 11.5 Å². The minimum Gasteiger partial charge on any atom is -0.508 e. The number of amides is 1. The first kappa shape index (κ1) is 32.7. The molecule has 4 aliphatic rings. The number of primary amides is 1. The fourth-order valence-electron chi connectivity index (χ4n) is 7.68. The second-order valence-corrected chi connectivity index (χ2v) is 12.3. The van der Waals surface area contributed by atoms with Crippen LogP contribution >= 0.6 is 0 Å². The third kappa shape index (κ3) is 5.24. The number of carbonyl (C=O) groups excluding carboxylic acids is 3. The van der Waals surface area contributed by atoms with Gasteiger partial charge in [-0.25, -0.2) is 0 Å². The third-order valence-electron chi connectivity index (χ3n) is 9.49. The van der Waals surface area contributed by atoms with Crippen LogP contribution in [0.25, 0.3) is 5.76 Å². The Morgan fingerprint density at radius 1 is 1.20 bits per heavy atom. The number of fused-ring (bicyclic) bond motifs is 3. The van der Waals surface area contributed by atoms with Gasteiger partial charge < -0.3 is 36.0 Å². The van der Waals surface area contributed by atoms with E-state index in [4.69, 9.17) is 5.73 Å². The van der Waals surface area contributed by atoms with Gasteiger partial charge in [-0.15, -0.1) is 13.2 Å². The molecule has 12 nitrogen and oxygen atoms in total. The topological polar surface area (TPSA) is 194 Å². The van der Waals surface area contributed by atoms with Gasteiger partial charge in [-0.2, -0.15) is 0 Å². The standard InChI is InChI=1S/C30H36F3N3O9/c1-35(2)22-16-11-13-10-15-20(23(39)19(13)26(41)29(16,44)27(42)21(24(22)40)28(34)43)18(38)12-14(25(15)45-30(31,32)33)17-6-5-8-36(17)7-3-4-9-37/h12-13,16-17,22,37-39,42,44H,3-11H2,1-2H3,(H2,34,43)/t13-,16-,17?,22-,29-/m0/s1. The number of rotatable bonds is 8. The number of ketones is 2. The monoisotopic (exact) mass is 639 g/mol. The van der Waals surface area contributed by atoms with Crippen LogP contribution in [0.4, 0.5) is 13.2 Å². The van der Waals surface area contributed by atoms with E-state index >= 15 is 0 Å². The van der Waals surface area contributed by atoms with Crippen LogP contribution in [0.15, 0.2) is 23.0 Å². The quantitative estimate of drug-likeness (QED) is 0.179. The molecule has 0 spiro atoms. The van der Waals surface area contributed by atoms with Crippen LogP contribution in [-0.2, 0) is 20.8 Å². The highest BCUT2D eigenvalue weighted by Gasteiger charge is 2.64. The molecule has 7 N–H and O–H groups in total. The van der Waals surface area contributed by atoms with Gasteiger partial charge in [0, 0.05) is 35.3 Å². The summed E-state index contributed by atoms with van der Waals surface area (Å²) in [4.78, 5) is 42.7. The van der Waals surface area contributed by atoms with Gasteiger partial charge in [0.1, 0.15) is 28.6 Å². The van der Waals surface area contributed by atoms with E-state index < -0.39 is 93.1 Å². The van der Waals surface area contributed by atoms with Crippen LogP contribution in [0.3, 0.4) is 0 Å². The van der Waals surface area contributed by atoms with Crippen molar-refractivity contribution in [1.29, 1.82) is 0 Å². The molecular formula is C30H36F3N3O9. The number of phenols is 1. The Morgan fingerprint density at radius 2 is 1.89 bits per heavy atom. The van der Waals surface area contributed by atoms with E-state index in [-0.39, 0.29) is 30.6 Å². The van der Waals surface area contributed by atoms with Crippen molar-refractivity contribution in [2.24, 2.45) is 17.6 Å². The Bertz CT molecular complexity index is 1510. The Morgan fingerprint density at radius 3 is 2.49 bits per heavy atom. The molecule has 1 aromatic rings. The number of likely N-dealkylation sites (tertiary alicyclic amines) is 1. The second kappa shape index (κ2) is 11.6. The van der Waals surface area contributed by atoms with Crippen LogP contribution in [0, 0.1) is 11.8 Å². The molecule has 0 radical (unpaired) electrons. The summed E-state index contributed by atoms with van der Waals surface area (Å²) in [6.45, 7) is 1.00. The van der Waals surface area contributed by atoms with Crippen LogP contribution in [0.2, 0.25) is 0 Å². The van der Waals surface area contributed by atoms with Gasteiger partial charge in [-0.05, 0) is 77.7 Å². The summed E-state index contributed by atoms with van der Waals surface area (Å²) in [6.07, 6.45) is -3.59. The molecule has 0 bridgehead atoms. The van der Waals surface area contributed by atoms with Crippen molar-refractivity contribution in [2.45, 2.75) is 62.6 Å².